The third-order valence-corrected chi connectivity index (χ3v) is 5.66. The highest BCUT2D eigenvalue weighted by Gasteiger charge is 2.34. The fraction of sp³-hybridized carbons (Fsp3) is 0.706. The maximum absolute atomic E-state index is 5.54. The van der Waals surface area contributed by atoms with Crippen molar-refractivity contribution in [3.8, 4) is 0 Å². The molecule has 0 saturated carbocycles. The van der Waals surface area contributed by atoms with Crippen LogP contribution in [0.2, 0.25) is 0 Å². The van der Waals surface area contributed by atoms with Gasteiger partial charge < -0.3 is 20.3 Å². The van der Waals surface area contributed by atoms with E-state index in [0.29, 0.717) is 0 Å². The Balaban J connectivity index is 0.00000288. The van der Waals surface area contributed by atoms with Crippen LogP contribution in [-0.2, 0) is 11.3 Å². The van der Waals surface area contributed by atoms with Gasteiger partial charge in [0.1, 0.15) is 0 Å². The van der Waals surface area contributed by atoms with E-state index >= 15 is 0 Å². The molecule has 1 aliphatic rings. The molecule has 0 spiro atoms. The number of nitrogens with zero attached hydrogens (tertiary/aromatic N) is 2. The zero-order valence-electron chi connectivity index (χ0n) is 15.2. The molecule has 0 unspecified atom stereocenters. The molecule has 0 radical (unpaired) electrons. The average molecular weight is 466 g/mol. The number of likely N-dealkylation sites (N-methyl/N-ethyl adjacent to an activating group) is 1. The van der Waals surface area contributed by atoms with Crippen LogP contribution in [0.4, 0.5) is 0 Å². The third-order valence-electron chi connectivity index (χ3n) is 4.65. The number of ether oxygens (including phenoxy) is 1. The summed E-state index contributed by atoms with van der Waals surface area (Å²) in [5, 5.41) is 9.02. The number of hydrogen-bond acceptors (Lipinski definition) is 4. The minimum absolute atomic E-state index is 0. The predicted molar refractivity (Wildman–Crippen MR) is 114 cm³/mol. The molecule has 138 valence electrons. The zero-order valence-corrected chi connectivity index (χ0v) is 18.4. The van der Waals surface area contributed by atoms with Gasteiger partial charge in [-0.05, 0) is 57.8 Å². The second kappa shape index (κ2) is 10.6. The first-order chi connectivity index (χ1) is 11.1. The quantitative estimate of drug-likeness (QED) is 0.385. The summed E-state index contributed by atoms with van der Waals surface area (Å²) in [4.78, 5) is 8.40. The lowest BCUT2D eigenvalue weighted by atomic mass is 9.88. The van der Waals surface area contributed by atoms with E-state index in [4.69, 9.17) is 9.73 Å². The summed E-state index contributed by atoms with van der Waals surface area (Å²) in [6, 6.07) is 2.15. The van der Waals surface area contributed by atoms with Gasteiger partial charge in [-0.15, -0.1) is 35.3 Å². The van der Waals surface area contributed by atoms with Gasteiger partial charge in [-0.1, -0.05) is 0 Å². The summed E-state index contributed by atoms with van der Waals surface area (Å²) in [7, 11) is 4.32. The molecular weight excluding hydrogens is 435 g/mol. The molecule has 1 aliphatic heterocycles. The molecular formula is C17H31IN4OS. The van der Waals surface area contributed by atoms with E-state index in [1.165, 1.54) is 10.4 Å². The molecule has 2 heterocycles. The first-order valence-electron chi connectivity index (χ1n) is 8.38. The minimum atomic E-state index is 0. The Bertz CT molecular complexity index is 512. The van der Waals surface area contributed by atoms with Crippen molar-refractivity contribution in [2.75, 3.05) is 40.4 Å². The van der Waals surface area contributed by atoms with E-state index in [-0.39, 0.29) is 29.5 Å². The summed E-state index contributed by atoms with van der Waals surface area (Å²) in [5.41, 5.74) is 1.47. The molecule has 2 N–H and O–H groups in total. The van der Waals surface area contributed by atoms with Crippen LogP contribution in [0.3, 0.4) is 0 Å². The van der Waals surface area contributed by atoms with Gasteiger partial charge >= 0.3 is 0 Å². The third kappa shape index (κ3) is 5.86. The Hall–Kier alpha value is -0.380. The summed E-state index contributed by atoms with van der Waals surface area (Å²) in [6.07, 6.45) is 2.10. The number of halogens is 1. The molecule has 0 aliphatic carbocycles. The lowest BCUT2D eigenvalue weighted by Crippen LogP contribution is -2.57. The van der Waals surface area contributed by atoms with Crippen molar-refractivity contribution >= 4 is 41.3 Å². The van der Waals surface area contributed by atoms with Crippen LogP contribution in [-0.4, -0.2) is 56.8 Å². The highest BCUT2D eigenvalue weighted by Crippen LogP contribution is 2.25. The molecule has 7 heteroatoms. The van der Waals surface area contributed by atoms with Gasteiger partial charge in [0, 0.05) is 36.7 Å². The topological polar surface area (TPSA) is 48.9 Å². The zero-order chi connectivity index (χ0) is 16.7. The summed E-state index contributed by atoms with van der Waals surface area (Å²) >= 11 is 1.77. The average Bonchev–Trinajstić information content (AvgIpc) is 2.96. The smallest absolute Gasteiger partial charge is 0.191 e. The van der Waals surface area contributed by atoms with Crippen molar-refractivity contribution < 1.29 is 4.74 Å². The predicted octanol–water partition coefficient (Wildman–Crippen LogP) is 2.84. The van der Waals surface area contributed by atoms with E-state index in [9.17, 15) is 0 Å². The monoisotopic (exact) mass is 466 g/mol. The number of nitrogens with one attached hydrogen (secondary N) is 2. The molecule has 0 amide bonds. The molecule has 24 heavy (non-hydrogen) atoms. The SMILES string of the molecule is CCNC(=NCc1sccc1C)NCC1(N(C)C)CCOCC1.I. The second-order valence-electron chi connectivity index (χ2n) is 6.31. The van der Waals surface area contributed by atoms with Crippen molar-refractivity contribution in [2.24, 2.45) is 4.99 Å². The van der Waals surface area contributed by atoms with Crippen LogP contribution in [0.25, 0.3) is 0 Å². The Kier molecular flexibility index (Phi) is 9.54. The Morgan fingerprint density at radius 2 is 2.04 bits per heavy atom. The number of thiophene rings is 1. The Labute approximate surface area is 167 Å². The fourth-order valence-electron chi connectivity index (χ4n) is 2.84. The molecule has 0 bridgehead atoms. The van der Waals surface area contributed by atoms with E-state index < -0.39 is 0 Å². The molecule has 1 fully saturated rings. The minimum Gasteiger partial charge on any atom is -0.381 e. The van der Waals surface area contributed by atoms with E-state index in [0.717, 1.165) is 51.6 Å². The number of guanidine groups is 1. The van der Waals surface area contributed by atoms with Gasteiger partial charge in [0.05, 0.1) is 6.54 Å². The summed E-state index contributed by atoms with van der Waals surface area (Å²) < 4.78 is 5.54. The molecule has 5 nitrogen and oxygen atoms in total. The Morgan fingerprint density at radius 3 is 2.58 bits per heavy atom. The highest BCUT2D eigenvalue weighted by atomic mass is 127. The molecule has 1 aromatic rings. The molecule has 1 aromatic heterocycles. The standard InChI is InChI=1S/C17H30N4OS.HI/c1-5-18-16(19-12-15-14(2)6-11-23-15)20-13-17(21(3)4)7-9-22-10-8-17;/h6,11H,5,7-10,12-13H2,1-4H3,(H2,18,19,20);1H. The van der Waals surface area contributed by atoms with E-state index in [1.807, 2.05) is 0 Å². The molecule has 1 saturated heterocycles. The summed E-state index contributed by atoms with van der Waals surface area (Å²) in [5.74, 6) is 0.896. The molecule has 0 atom stereocenters. The van der Waals surface area contributed by atoms with E-state index in [2.05, 4.69) is 54.9 Å². The largest absolute Gasteiger partial charge is 0.381 e. The van der Waals surface area contributed by atoms with Crippen LogP contribution < -0.4 is 10.6 Å². The normalized spacial score (nSPS) is 17.5. The second-order valence-corrected chi connectivity index (χ2v) is 7.31. The van der Waals surface area contributed by atoms with Gasteiger partial charge in [-0.2, -0.15) is 0 Å². The number of aliphatic imine (C=N–C) groups is 1. The van der Waals surface area contributed by atoms with Crippen LogP contribution >= 0.6 is 35.3 Å². The van der Waals surface area contributed by atoms with Crippen molar-refractivity contribution in [1.29, 1.82) is 0 Å². The van der Waals surface area contributed by atoms with Gasteiger partial charge in [-0.25, -0.2) is 4.99 Å². The van der Waals surface area contributed by atoms with Gasteiger partial charge in [-0.3, -0.25) is 0 Å². The van der Waals surface area contributed by atoms with Crippen molar-refractivity contribution in [2.45, 2.75) is 38.8 Å². The van der Waals surface area contributed by atoms with Crippen LogP contribution in [0, 0.1) is 6.92 Å². The van der Waals surface area contributed by atoms with Crippen LogP contribution in [0.15, 0.2) is 16.4 Å². The lowest BCUT2D eigenvalue weighted by molar-refractivity contribution is -0.00501. The first-order valence-corrected chi connectivity index (χ1v) is 9.26. The van der Waals surface area contributed by atoms with Crippen molar-refractivity contribution in [3.63, 3.8) is 0 Å². The van der Waals surface area contributed by atoms with Gasteiger partial charge in [0.2, 0.25) is 0 Å². The molecule has 2 rings (SSSR count). The maximum atomic E-state index is 5.54. The number of hydrogen-bond donors (Lipinski definition) is 2. The van der Waals surface area contributed by atoms with E-state index in [1.54, 1.807) is 11.3 Å². The number of aryl methyl sites for hydroxylation is 1. The maximum Gasteiger partial charge on any atom is 0.191 e. The number of rotatable bonds is 6. The lowest BCUT2D eigenvalue weighted by Gasteiger charge is -2.43. The summed E-state index contributed by atoms with van der Waals surface area (Å²) in [6.45, 7) is 8.40. The van der Waals surface area contributed by atoms with Gasteiger partial charge in [0.15, 0.2) is 5.96 Å². The van der Waals surface area contributed by atoms with Crippen molar-refractivity contribution in [1.82, 2.24) is 15.5 Å². The Morgan fingerprint density at radius 1 is 1.33 bits per heavy atom. The highest BCUT2D eigenvalue weighted by molar-refractivity contribution is 14.0. The first kappa shape index (κ1) is 21.7. The van der Waals surface area contributed by atoms with Crippen molar-refractivity contribution in [3.05, 3.63) is 21.9 Å². The van der Waals surface area contributed by atoms with Crippen LogP contribution in [0.5, 0.6) is 0 Å². The molecule has 0 aromatic carbocycles. The van der Waals surface area contributed by atoms with Crippen LogP contribution in [0.1, 0.15) is 30.2 Å². The van der Waals surface area contributed by atoms with Gasteiger partial charge in [0.25, 0.3) is 0 Å². The fourth-order valence-corrected chi connectivity index (χ4v) is 3.67.